The van der Waals surface area contributed by atoms with Gasteiger partial charge in [0.1, 0.15) is 5.75 Å². The first kappa shape index (κ1) is 11.8. The van der Waals surface area contributed by atoms with Gasteiger partial charge in [0.25, 0.3) is 0 Å². The van der Waals surface area contributed by atoms with E-state index in [4.69, 9.17) is 0 Å². The van der Waals surface area contributed by atoms with E-state index in [0.717, 1.165) is 5.56 Å². The van der Waals surface area contributed by atoms with Crippen LogP contribution in [0.3, 0.4) is 0 Å². The molecule has 0 atom stereocenters. The summed E-state index contributed by atoms with van der Waals surface area (Å²) < 4.78 is 1.25. The van der Waals surface area contributed by atoms with Gasteiger partial charge in [-0.15, -0.1) is 0 Å². The van der Waals surface area contributed by atoms with E-state index < -0.39 is 0 Å². The van der Waals surface area contributed by atoms with Crippen LogP contribution in [0.1, 0.15) is 50.7 Å². The number of phenols is 1. The van der Waals surface area contributed by atoms with Crippen LogP contribution in [0.5, 0.6) is 5.75 Å². The second-order valence-electron chi connectivity index (χ2n) is 4.20. The topological polar surface area (TPSA) is 20.2 Å². The molecule has 0 aliphatic carbocycles. The highest BCUT2D eigenvalue weighted by atomic mass is 127. The Bertz CT molecular complexity index is 296. The molecule has 0 aliphatic heterocycles. The first-order valence-electron chi connectivity index (χ1n) is 4.96. The van der Waals surface area contributed by atoms with Crippen molar-refractivity contribution in [2.24, 2.45) is 0 Å². The second-order valence-corrected chi connectivity index (χ2v) is 5.37. The molecule has 1 aromatic rings. The summed E-state index contributed by atoms with van der Waals surface area (Å²) in [6.07, 6.45) is 0. The third-order valence-corrected chi connectivity index (χ3v) is 3.31. The molecule has 1 N–H and O–H groups in total. The monoisotopic (exact) mass is 304 g/mol. The summed E-state index contributed by atoms with van der Waals surface area (Å²) in [5, 5.41) is 9.83. The Labute approximate surface area is 99.7 Å². The Balaban J connectivity index is 3.42. The van der Waals surface area contributed by atoms with Gasteiger partial charge in [0.2, 0.25) is 0 Å². The Morgan fingerprint density at radius 3 is 1.86 bits per heavy atom. The molecule has 0 amide bonds. The summed E-state index contributed by atoms with van der Waals surface area (Å²) in [4.78, 5) is 0. The van der Waals surface area contributed by atoms with Gasteiger partial charge in [-0.2, -0.15) is 0 Å². The minimum absolute atomic E-state index is 0.377. The molecule has 0 aromatic heterocycles. The summed E-state index contributed by atoms with van der Waals surface area (Å²) in [5.74, 6) is 1.28. The minimum Gasteiger partial charge on any atom is -0.508 e. The van der Waals surface area contributed by atoms with Crippen LogP contribution in [0.15, 0.2) is 12.1 Å². The molecule has 0 bridgehead atoms. The van der Waals surface area contributed by atoms with E-state index in [9.17, 15) is 5.11 Å². The first-order valence-corrected chi connectivity index (χ1v) is 6.04. The number of hydrogen-bond donors (Lipinski definition) is 1. The van der Waals surface area contributed by atoms with Gasteiger partial charge in [-0.25, -0.2) is 0 Å². The zero-order valence-corrected chi connectivity index (χ0v) is 11.3. The zero-order chi connectivity index (χ0) is 10.9. The first-order chi connectivity index (χ1) is 6.45. The number of aromatic hydroxyl groups is 1. The fourth-order valence-corrected chi connectivity index (χ4v) is 2.88. The average molecular weight is 304 g/mol. The lowest BCUT2D eigenvalue weighted by molar-refractivity contribution is 0.462. The van der Waals surface area contributed by atoms with Crippen LogP contribution in [-0.2, 0) is 0 Å². The minimum atomic E-state index is 0.377. The molecule has 1 aromatic carbocycles. The highest BCUT2D eigenvalue weighted by molar-refractivity contribution is 14.1. The number of rotatable bonds is 2. The Morgan fingerprint density at radius 2 is 1.50 bits per heavy atom. The normalized spacial score (nSPS) is 11.4. The standard InChI is InChI=1S/C12H17IO/c1-7(2)11-9(13)5-6-10(14)12(11)8(3)4/h5-8,14H,1-4H3. The van der Waals surface area contributed by atoms with Crippen molar-refractivity contribution in [3.8, 4) is 5.75 Å². The largest absolute Gasteiger partial charge is 0.508 e. The van der Waals surface area contributed by atoms with Crippen LogP contribution in [0.2, 0.25) is 0 Å². The lowest BCUT2D eigenvalue weighted by atomic mass is 9.90. The summed E-state index contributed by atoms with van der Waals surface area (Å²) in [5.41, 5.74) is 2.40. The van der Waals surface area contributed by atoms with E-state index in [2.05, 4.69) is 50.3 Å². The Kier molecular flexibility index (Phi) is 3.81. The highest BCUT2D eigenvalue weighted by Crippen LogP contribution is 2.36. The van der Waals surface area contributed by atoms with Gasteiger partial charge in [-0.1, -0.05) is 27.7 Å². The van der Waals surface area contributed by atoms with Gasteiger partial charge in [-0.3, -0.25) is 0 Å². The van der Waals surface area contributed by atoms with Crippen LogP contribution in [-0.4, -0.2) is 5.11 Å². The van der Waals surface area contributed by atoms with Crippen LogP contribution in [0, 0.1) is 3.57 Å². The molecule has 0 radical (unpaired) electrons. The number of phenolic OH excluding ortho intramolecular Hbond substituents is 1. The summed E-state index contributed by atoms with van der Waals surface area (Å²) in [6, 6.07) is 3.78. The fraction of sp³-hybridized carbons (Fsp3) is 0.500. The van der Waals surface area contributed by atoms with Crippen molar-refractivity contribution >= 4 is 22.6 Å². The number of hydrogen-bond acceptors (Lipinski definition) is 1. The van der Waals surface area contributed by atoms with Crippen LogP contribution < -0.4 is 0 Å². The summed E-state index contributed by atoms with van der Waals surface area (Å²) in [7, 11) is 0. The molecule has 2 heteroatoms. The van der Waals surface area contributed by atoms with Gasteiger partial charge in [0, 0.05) is 9.13 Å². The summed E-state index contributed by atoms with van der Waals surface area (Å²) in [6.45, 7) is 8.58. The lowest BCUT2D eigenvalue weighted by Crippen LogP contribution is -2.01. The van der Waals surface area contributed by atoms with Crippen molar-refractivity contribution in [3.05, 3.63) is 26.8 Å². The maximum atomic E-state index is 9.83. The molecule has 78 valence electrons. The molecule has 0 fully saturated rings. The Morgan fingerprint density at radius 1 is 1.00 bits per heavy atom. The lowest BCUT2D eigenvalue weighted by Gasteiger charge is -2.19. The predicted molar refractivity (Wildman–Crippen MR) is 69.0 cm³/mol. The average Bonchev–Trinajstić information content (AvgIpc) is 2.07. The maximum Gasteiger partial charge on any atom is 0.119 e. The van der Waals surface area contributed by atoms with Gasteiger partial charge < -0.3 is 5.11 Å². The zero-order valence-electron chi connectivity index (χ0n) is 9.13. The smallest absolute Gasteiger partial charge is 0.119 e. The van der Waals surface area contributed by atoms with E-state index in [0.29, 0.717) is 17.6 Å². The molecule has 14 heavy (non-hydrogen) atoms. The number of halogens is 1. The van der Waals surface area contributed by atoms with Crippen molar-refractivity contribution in [2.75, 3.05) is 0 Å². The molecule has 0 heterocycles. The third-order valence-electron chi connectivity index (χ3n) is 2.37. The van der Waals surface area contributed by atoms with Gasteiger partial charge in [0.05, 0.1) is 0 Å². The molecule has 0 spiro atoms. The van der Waals surface area contributed by atoms with Crippen molar-refractivity contribution < 1.29 is 5.11 Å². The van der Waals surface area contributed by atoms with E-state index in [1.807, 2.05) is 6.07 Å². The van der Waals surface area contributed by atoms with E-state index in [-0.39, 0.29) is 0 Å². The Hall–Kier alpha value is -0.250. The van der Waals surface area contributed by atoms with Gasteiger partial charge >= 0.3 is 0 Å². The maximum absolute atomic E-state index is 9.83. The molecular weight excluding hydrogens is 287 g/mol. The molecule has 0 saturated carbocycles. The number of benzene rings is 1. The van der Waals surface area contributed by atoms with Crippen LogP contribution >= 0.6 is 22.6 Å². The predicted octanol–water partition coefficient (Wildman–Crippen LogP) is 4.24. The van der Waals surface area contributed by atoms with E-state index >= 15 is 0 Å². The quantitative estimate of drug-likeness (QED) is 0.810. The molecule has 0 aliphatic rings. The highest BCUT2D eigenvalue weighted by Gasteiger charge is 2.16. The molecule has 1 nitrogen and oxygen atoms in total. The van der Waals surface area contributed by atoms with E-state index in [1.54, 1.807) is 6.07 Å². The van der Waals surface area contributed by atoms with E-state index in [1.165, 1.54) is 9.13 Å². The molecule has 1 rings (SSSR count). The summed E-state index contributed by atoms with van der Waals surface area (Å²) >= 11 is 2.34. The van der Waals surface area contributed by atoms with Gasteiger partial charge in [-0.05, 0) is 52.1 Å². The SMILES string of the molecule is CC(C)c1c(O)ccc(I)c1C(C)C. The van der Waals surface area contributed by atoms with Crippen molar-refractivity contribution in [2.45, 2.75) is 39.5 Å². The molecule has 0 saturated heterocycles. The van der Waals surface area contributed by atoms with Crippen molar-refractivity contribution in [3.63, 3.8) is 0 Å². The molecule has 0 unspecified atom stereocenters. The van der Waals surface area contributed by atoms with Crippen molar-refractivity contribution in [1.29, 1.82) is 0 Å². The third kappa shape index (κ3) is 2.22. The fourth-order valence-electron chi connectivity index (χ4n) is 1.79. The second kappa shape index (κ2) is 4.51. The van der Waals surface area contributed by atoms with Crippen LogP contribution in [0.25, 0.3) is 0 Å². The molecular formula is C12H17IO. The van der Waals surface area contributed by atoms with Crippen LogP contribution in [0.4, 0.5) is 0 Å². The van der Waals surface area contributed by atoms with Crippen molar-refractivity contribution in [1.82, 2.24) is 0 Å². The van der Waals surface area contributed by atoms with Gasteiger partial charge in [0.15, 0.2) is 0 Å².